The summed E-state index contributed by atoms with van der Waals surface area (Å²) >= 11 is 8.09. The Balaban J connectivity index is 2.66. The molecule has 1 aromatic carbocycles. The van der Waals surface area contributed by atoms with Gasteiger partial charge in [-0.1, -0.05) is 29.8 Å². The van der Waals surface area contributed by atoms with Gasteiger partial charge in [0.15, 0.2) is 4.77 Å². The van der Waals surface area contributed by atoms with Crippen LogP contribution in [0.4, 0.5) is 13.2 Å². The van der Waals surface area contributed by atoms with Crippen molar-refractivity contribution >= 4 is 28.1 Å². The first-order valence-electron chi connectivity index (χ1n) is 5.89. The lowest BCUT2D eigenvalue weighted by Gasteiger charge is -2.14. The molecule has 2 nitrogen and oxygen atoms in total. The van der Waals surface area contributed by atoms with Crippen LogP contribution in [-0.2, 0) is 6.18 Å². The van der Waals surface area contributed by atoms with Gasteiger partial charge in [0.1, 0.15) is 0 Å². The van der Waals surface area contributed by atoms with Crippen molar-refractivity contribution in [2.75, 3.05) is 0 Å². The van der Waals surface area contributed by atoms with Crippen molar-refractivity contribution in [2.24, 2.45) is 0 Å². The minimum Gasteiger partial charge on any atom is -0.337 e. The van der Waals surface area contributed by atoms with Crippen LogP contribution in [0.3, 0.4) is 0 Å². The van der Waals surface area contributed by atoms with E-state index in [-0.39, 0.29) is 10.4 Å². The summed E-state index contributed by atoms with van der Waals surface area (Å²) in [5.74, 6) is 0.140. The molecule has 0 radical (unpaired) electrons. The van der Waals surface area contributed by atoms with Crippen LogP contribution in [0.15, 0.2) is 28.9 Å². The van der Waals surface area contributed by atoms with E-state index in [9.17, 15) is 13.2 Å². The Morgan fingerprint density at radius 3 is 2.50 bits per heavy atom. The fourth-order valence-electron chi connectivity index (χ4n) is 1.94. The maximum Gasteiger partial charge on any atom is 0.417 e. The number of aromatic nitrogens is 2. The zero-order valence-electron chi connectivity index (χ0n) is 10.8. The van der Waals surface area contributed by atoms with Gasteiger partial charge in [0.05, 0.1) is 5.56 Å². The number of aromatic amines is 1. The fraction of sp³-hybridized carbons (Fsp3) is 0.308. The number of hydrogen-bond donors (Lipinski definition) is 1. The van der Waals surface area contributed by atoms with E-state index in [0.717, 1.165) is 11.8 Å². The molecule has 0 bridgehead atoms. The van der Waals surface area contributed by atoms with E-state index in [0.29, 0.717) is 10.5 Å². The summed E-state index contributed by atoms with van der Waals surface area (Å²) in [5.41, 5.74) is 0.522. The van der Waals surface area contributed by atoms with Crippen LogP contribution in [-0.4, -0.2) is 9.55 Å². The Bertz CT molecular complexity index is 686. The molecule has 0 atom stereocenters. The number of benzene rings is 1. The number of H-pyrrole nitrogens is 1. The van der Waals surface area contributed by atoms with Crippen LogP contribution in [0.2, 0.25) is 0 Å². The van der Waals surface area contributed by atoms with Crippen LogP contribution in [0.1, 0.15) is 31.0 Å². The smallest absolute Gasteiger partial charge is 0.337 e. The maximum absolute atomic E-state index is 13.0. The molecule has 20 heavy (non-hydrogen) atoms. The first-order chi connectivity index (χ1) is 9.21. The van der Waals surface area contributed by atoms with Gasteiger partial charge in [0.25, 0.3) is 0 Å². The van der Waals surface area contributed by atoms with E-state index in [1.807, 2.05) is 13.8 Å². The molecule has 108 valence electrons. The number of nitrogens with one attached hydrogen (secondary N) is 1. The number of alkyl halides is 3. The molecular formula is C13H12BrF3N2S. The molecule has 0 spiro atoms. The zero-order valence-corrected chi connectivity index (χ0v) is 13.2. The Hall–Kier alpha value is -1.08. The highest BCUT2D eigenvalue weighted by atomic mass is 79.9. The predicted molar refractivity (Wildman–Crippen MR) is 77.7 cm³/mol. The average Bonchev–Trinajstić information content (AvgIpc) is 2.70. The Morgan fingerprint density at radius 1 is 1.30 bits per heavy atom. The predicted octanol–water partition coefficient (Wildman–Crippen LogP) is 5.44. The van der Waals surface area contributed by atoms with Crippen LogP contribution in [0, 0.1) is 4.77 Å². The fourth-order valence-corrected chi connectivity index (χ4v) is 2.68. The number of halogens is 4. The SMILES string of the molecule is CC(C)c1c[nH]c(=S)n1-c1ccc(Br)c(C(F)(F)F)c1. The van der Waals surface area contributed by atoms with E-state index in [1.165, 1.54) is 6.07 Å². The molecular weight excluding hydrogens is 353 g/mol. The Labute approximate surface area is 127 Å². The van der Waals surface area contributed by atoms with Crippen molar-refractivity contribution < 1.29 is 13.2 Å². The van der Waals surface area contributed by atoms with E-state index >= 15 is 0 Å². The first kappa shape index (κ1) is 15.3. The Kier molecular flexibility index (Phi) is 4.11. The van der Waals surface area contributed by atoms with E-state index in [4.69, 9.17) is 12.2 Å². The van der Waals surface area contributed by atoms with Gasteiger partial charge in [-0.2, -0.15) is 13.2 Å². The van der Waals surface area contributed by atoms with Crippen molar-refractivity contribution in [3.8, 4) is 5.69 Å². The summed E-state index contributed by atoms with van der Waals surface area (Å²) in [6, 6.07) is 4.09. The largest absolute Gasteiger partial charge is 0.417 e. The molecule has 2 rings (SSSR count). The van der Waals surface area contributed by atoms with Crippen molar-refractivity contribution in [3.63, 3.8) is 0 Å². The first-order valence-corrected chi connectivity index (χ1v) is 7.09. The molecule has 0 aliphatic heterocycles. The minimum absolute atomic E-state index is 0.0156. The lowest BCUT2D eigenvalue weighted by atomic mass is 10.1. The van der Waals surface area contributed by atoms with Crippen molar-refractivity contribution in [1.82, 2.24) is 9.55 Å². The minimum atomic E-state index is -4.41. The second kappa shape index (κ2) is 5.37. The molecule has 0 saturated carbocycles. The quantitative estimate of drug-likeness (QED) is 0.703. The van der Waals surface area contributed by atoms with E-state index in [1.54, 1.807) is 16.8 Å². The number of hydrogen-bond acceptors (Lipinski definition) is 1. The van der Waals surface area contributed by atoms with Crippen LogP contribution in [0.25, 0.3) is 5.69 Å². The molecule has 7 heteroatoms. The monoisotopic (exact) mass is 364 g/mol. The van der Waals surface area contributed by atoms with Gasteiger partial charge in [-0.3, -0.25) is 4.57 Å². The van der Waals surface area contributed by atoms with Crippen molar-refractivity contribution in [3.05, 3.63) is 44.9 Å². The molecule has 2 aromatic rings. The van der Waals surface area contributed by atoms with Crippen LogP contribution >= 0.6 is 28.1 Å². The molecule has 1 N–H and O–H groups in total. The van der Waals surface area contributed by atoms with Crippen LogP contribution < -0.4 is 0 Å². The summed E-state index contributed by atoms with van der Waals surface area (Å²) in [7, 11) is 0. The molecule has 0 aliphatic rings. The highest BCUT2D eigenvalue weighted by molar-refractivity contribution is 9.10. The second-order valence-corrected chi connectivity index (χ2v) is 5.91. The van der Waals surface area contributed by atoms with Gasteiger partial charge in [0.2, 0.25) is 0 Å². The molecule has 0 amide bonds. The number of rotatable bonds is 2. The zero-order chi connectivity index (χ0) is 15.1. The van der Waals surface area contributed by atoms with E-state index < -0.39 is 11.7 Å². The lowest BCUT2D eigenvalue weighted by molar-refractivity contribution is -0.138. The van der Waals surface area contributed by atoms with Gasteiger partial charge in [0, 0.05) is 22.1 Å². The molecule has 1 heterocycles. The molecule has 0 unspecified atom stereocenters. The summed E-state index contributed by atoms with van der Waals surface area (Å²) in [5, 5.41) is 0. The summed E-state index contributed by atoms with van der Waals surface area (Å²) in [6.07, 6.45) is -2.69. The topological polar surface area (TPSA) is 20.7 Å². The number of imidazole rings is 1. The summed E-state index contributed by atoms with van der Waals surface area (Å²) < 4.78 is 40.9. The van der Waals surface area contributed by atoms with Gasteiger partial charge in [-0.15, -0.1) is 0 Å². The Morgan fingerprint density at radius 2 is 1.95 bits per heavy atom. The third kappa shape index (κ3) is 2.83. The molecule has 1 aromatic heterocycles. The third-order valence-corrected chi connectivity index (χ3v) is 3.90. The molecule has 0 saturated heterocycles. The van der Waals surface area contributed by atoms with Crippen molar-refractivity contribution in [1.29, 1.82) is 0 Å². The van der Waals surface area contributed by atoms with Gasteiger partial charge in [-0.05, 0) is 36.3 Å². The maximum atomic E-state index is 13.0. The normalized spacial score (nSPS) is 12.2. The average molecular weight is 365 g/mol. The summed E-state index contributed by atoms with van der Waals surface area (Å²) in [4.78, 5) is 2.87. The lowest BCUT2D eigenvalue weighted by Crippen LogP contribution is -2.09. The van der Waals surface area contributed by atoms with Gasteiger partial charge < -0.3 is 4.98 Å². The standard InChI is InChI=1S/C13H12BrF3N2S/c1-7(2)11-6-18-12(20)19(11)8-3-4-10(14)9(5-8)13(15,16)17/h3-7H,1-2H3,(H,18,20). The van der Waals surface area contributed by atoms with Gasteiger partial charge in [-0.25, -0.2) is 0 Å². The highest BCUT2D eigenvalue weighted by Gasteiger charge is 2.33. The molecule has 0 aliphatic carbocycles. The summed E-state index contributed by atoms with van der Waals surface area (Å²) in [6.45, 7) is 3.91. The van der Waals surface area contributed by atoms with E-state index in [2.05, 4.69) is 20.9 Å². The van der Waals surface area contributed by atoms with Crippen LogP contribution in [0.5, 0.6) is 0 Å². The highest BCUT2D eigenvalue weighted by Crippen LogP contribution is 2.36. The van der Waals surface area contributed by atoms with Gasteiger partial charge >= 0.3 is 6.18 Å². The number of nitrogens with zero attached hydrogens (tertiary/aromatic N) is 1. The van der Waals surface area contributed by atoms with Crippen molar-refractivity contribution in [2.45, 2.75) is 25.9 Å². The third-order valence-electron chi connectivity index (χ3n) is 2.91. The molecule has 0 fully saturated rings. The second-order valence-electron chi connectivity index (χ2n) is 4.67.